The topological polar surface area (TPSA) is 22.4 Å². The summed E-state index contributed by atoms with van der Waals surface area (Å²) in [6.45, 7) is 1.63. The quantitative estimate of drug-likeness (QED) is 0.664. The van der Waals surface area contributed by atoms with Crippen LogP contribution in [0.4, 0.5) is 0 Å². The standard InChI is InChI=1S/C8H9BrO2/c9-8-7-2-4-10-3-1-6(7)5-11-8/h5H,1-4H2. The molecule has 0 unspecified atom stereocenters. The first-order valence-electron chi connectivity index (χ1n) is 3.70. The van der Waals surface area contributed by atoms with E-state index >= 15 is 0 Å². The van der Waals surface area contributed by atoms with Crippen LogP contribution in [0.1, 0.15) is 11.1 Å². The molecule has 2 rings (SSSR count). The summed E-state index contributed by atoms with van der Waals surface area (Å²) in [5, 5.41) is 0. The number of furan rings is 1. The van der Waals surface area contributed by atoms with Crippen LogP contribution in [-0.4, -0.2) is 13.2 Å². The number of hydrogen-bond acceptors (Lipinski definition) is 2. The highest BCUT2D eigenvalue weighted by Gasteiger charge is 2.13. The summed E-state index contributed by atoms with van der Waals surface area (Å²) in [6, 6.07) is 0. The van der Waals surface area contributed by atoms with Gasteiger partial charge in [-0.3, -0.25) is 0 Å². The fourth-order valence-electron chi connectivity index (χ4n) is 1.32. The maximum atomic E-state index is 5.33. The summed E-state index contributed by atoms with van der Waals surface area (Å²) in [6.07, 6.45) is 3.75. The number of fused-ring (bicyclic) bond motifs is 1. The van der Waals surface area contributed by atoms with Crippen molar-refractivity contribution in [3.63, 3.8) is 0 Å². The lowest BCUT2D eigenvalue weighted by atomic mass is 10.1. The van der Waals surface area contributed by atoms with Crippen molar-refractivity contribution < 1.29 is 9.15 Å². The Morgan fingerprint density at radius 2 is 2.09 bits per heavy atom. The summed E-state index contributed by atoms with van der Waals surface area (Å²) in [5.74, 6) is 0. The molecule has 3 heteroatoms. The Hall–Kier alpha value is -0.280. The van der Waals surface area contributed by atoms with Gasteiger partial charge in [0, 0.05) is 12.0 Å². The molecule has 2 heterocycles. The fourth-order valence-corrected chi connectivity index (χ4v) is 1.86. The molecule has 0 aliphatic carbocycles. The summed E-state index contributed by atoms with van der Waals surface area (Å²) < 4.78 is 11.4. The molecule has 0 N–H and O–H groups in total. The molecular weight excluding hydrogens is 208 g/mol. The van der Waals surface area contributed by atoms with Gasteiger partial charge in [0.05, 0.1) is 19.5 Å². The Morgan fingerprint density at radius 1 is 1.27 bits per heavy atom. The number of rotatable bonds is 0. The smallest absolute Gasteiger partial charge is 0.172 e. The van der Waals surface area contributed by atoms with Crippen LogP contribution in [0.15, 0.2) is 15.3 Å². The first kappa shape index (κ1) is 7.37. The van der Waals surface area contributed by atoms with E-state index < -0.39 is 0 Å². The van der Waals surface area contributed by atoms with Crippen LogP contribution in [0.25, 0.3) is 0 Å². The van der Waals surface area contributed by atoms with Crippen molar-refractivity contribution in [3.05, 3.63) is 22.1 Å². The van der Waals surface area contributed by atoms with Crippen LogP contribution < -0.4 is 0 Å². The van der Waals surface area contributed by atoms with Gasteiger partial charge >= 0.3 is 0 Å². The van der Waals surface area contributed by atoms with E-state index in [1.54, 1.807) is 0 Å². The van der Waals surface area contributed by atoms with Gasteiger partial charge in [0.2, 0.25) is 0 Å². The van der Waals surface area contributed by atoms with Gasteiger partial charge in [-0.25, -0.2) is 0 Å². The van der Waals surface area contributed by atoms with Crippen LogP contribution in [-0.2, 0) is 17.6 Å². The molecule has 0 saturated heterocycles. The Morgan fingerprint density at radius 3 is 3.00 bits per heavy atom. The molecule has 60 valence electrons. The molecule has 0 atom stereocenters. The van der Waals surface area contributed by atoms with Crippen molar-refractivity contribution in [1.29, 1.82) is 0 Å². The lowest BCUT2D eigenvalue weighted by Gasteiger charge is -1.94. The average molecular weight is 217 g/mol. The van der Waals surface area contributed by atoms with E-state index in [9.17, 15) is 0 Å². The highest BCUT2D eigenvalue weighted by molar-refractivity contribution is 9.10. The molecule has 0 amide bonds. The van der Waals surface area contributed by atoms with Crippen LogP contribution in [0, 0.1) is 0 Å². The monoisotopic (exact) mass is 216 g/mol. The van der Waals surface area contributed by atoms with E-state index in [0.29, 0.717) is 0 Å². The van der Waals surface area contributed by atoms with Gasteiger partial charge < -0.3 is 9.15 Å². The van der Waals surface area contributed by atoms with Crippen molar-refractivity contribution in [2.75, 3.05) is 13.2 Å². The van der Waals surface area contributed by atoms with Gasteiger partial charge in [0.25, 0.3) is 0 Å². The summed E-state index contributed by atoms with van der Waals surface area (Å²) in [4.78, 5) is 0. The minimum Gasteiger partial charge on any atom is -0.457 e. The molecule has 1 aromatic rings. The van der Waals surface area contributed by atoms with E-state index in [1.807, 2.05) is 6.26 Å². The summed E-state index contributed by atoms with van der Waals surface area (Å²) >= 11 is 3.36. The second kappa shape index (κ2) is 2.99. The predicted octanol–water partition coefficient (Wildman–Crippen LogP) is 2.16. The first-order valence-corrected chi connectivity index (χ1v) is 4.49. The molecule has 0 fully saturated rings. The lowest BCUT2D eigenvalue weighted by Crippen LogP contribution is -1.95. The zero-order valence-electron chi connectivity index (χ0n) is 6.10. The minimum absolute atomic E-state index is 0.811. The van der Waals surface area contributed by atoms with Gasteiger partial charge in [-0.2, -0.15) is 0 Å². The van der Waals surface area contributed by atoms with E-state index in [2.05, 4.69) is 15.9 Å². The van der Waals surface area contributed by atoms with Crippen LogP contribution in [0.2, 0.25) is 0 Å². The zero-order valence-corrected chi connectivity index (χ0v) is 7.69. The average Bonchev–Trinajstić information content (AvgIpc) is 2.25. The van der Waals surface area contributed by atoms with Crippen molar-refractivity contribution >= 4 is 15.9 Å². The molecule has 1 aliphatic rings. The van der Waals surface area contributed by atoms with Gasteiger partial charge in [-0.1, -0.05) is 0 Å². The molecular formula is C8H9BrO2. The lowest BCUT2D eigenvalue weighted by molar-refractivity contribution is 0.145. The fraction of sp³-hybridized carbons (Fsp3) is 0.500. The number of ether oxygens (including phenoxy) is 1. The predicted molar refractivity (Wildman–Crippen MR) is 44.6 cm³/mol. The Labute approximate surface area is 73.7 Å². The van der Waals surface area contributed by atoms with E-state index in [4.69, 9.17) is 9.15 Å². The van der Waals surface area contributed by atoms with Crippen LogP contribution in [0.5, 0.6) is 0 Å². The minimum atomic E-state index is 0.811. The third-order valence-corrected chi connectivity index (χ3v) is 2.61. The molecule has 0 bridgehead atoms. The highest BCUT2D eigenvalue weighted by atomic mass is 79.9. The summed E-state index contributed by atoms with van der Waals surface area (Å²) in [7, 11) is 0. The normalized spacial score (nSPS) is 17.5. The molecule has 11 heavy (non-hydrogen) atoms. The Balaban J connectivity index is 2.35. The maximum absolute atomic E-state index is 5.33. The third kappa shape index (κ3) is 1.35. The molecule has 0 saturated carbocycles. The number of hydrogen-bond donors (Lipinski definition) is 0. The third-order valence-electron chi connectivity index (χ3n) is 1.94. The first-order chi connectivity index (χ1) is 5.38. The second-order valence-electron chi connectivity index (χ2n) is 2.63. The van der Waals surface area contributed by atoms with Crippen molar-refractivity contribution in [1.82, 2.24) is 0 Å². The number of halogens is 1. The SMILES string of the molecule is Brc1occ2c1CCOCC2. The molecule has 0 spiro atoms. The van der Waals surface area contributed by atoms with Crippen LogP contribution >= 0.6 is 15.9 Å². The Bertz CT molecular complexity index is 255. The largest absolute Gasteiger partial charge is 0.457 e. The molecule has 0 radical (unpaired) electrons. The van der Waals surface area contributed by atoms with Crippen molar-refractivity contribution in [2.24, 2.45) is 0 Å². The van der Waals surface area contributed by atoms with Gasteiger partial charge in [-0.05, 0) is 27.9 Å². The van der Waals surface area contributed by atoms with Gasteiger partial charge in [0.15, 0.2) is 4.67 Å². The summed E-state index contributed by atoms with van der Waals surface area (Å²) in [5.41, 5.74) is 2.57. The second-order valence-corrected chi connectivity index (χ2v) is 3.35. The highest BCUT2D eigenvalue weighted by Crippen LogP contribution is 2.25. The Kier molecular flexibility index (Phi) is 2.00. The molecule has 0 aromatic carbocycles. The van der Waals surface area contributed by atoms with Gasteiger partial charge in [0.1, 0.15) is 0 Å². The molecule has 2 nitrogen and oxygen atoms in total. The molecule has 1 aromatic heterocycles. The maximum Gasteiger partial charge on any atom is 0.172 e. The zero-order chi connectivity index (χ0) is 7.68. The molecule has 1 aliphatic heterocycles. The van der Waals surface area contributed by atoms with E-state index in [1.165, 1.54) is 11.1 Å². The van der Waals surface area contributed by atoms with Crippen molar-refractivity contribution in [2.45, 2.75) is 12.8 Å². The van der Waals surface area contributed by atoms with Gasteiger partial charge in [-0.15, -0.1) is 0 Å². The van der Waals surface area contributed by atoms with E-state index in [0.717, 1.165) is 30.7 Å². The van der Waals surface area contributed by atoms with Crippen molar-refractivity contribution in [3.8, 4) is 0 Å². The van der Waals surface area contributed by atoms with Crippen LogP contribution in [0.3, 0.4) is 0 Å². The van der Waals surface area contributed by atoms with E-state index in [-0.39, 0.29) is 0 Å².